The SMILES string of the molecule is Nc1[nH]ncc1C(=O)Nc1cccc2cnccc12. The highest BCUT2D eigenvalue weighted by atomic mass is 16.1. The van der Waals surface area contributed by atoms with Gasteiger partial charge in [0.2, 0.25) is 0 Å². The number of H-pyrrole nitrogens is 1. The minimum atomic E-state index is -0.296. The average molecular weight is 253 g/mol. The van der Waals surface area contributed by atoms with Gasteiger partial charge in [-0.05, 0) is 12.1 Å². The molecule has 0 saturated carbocycles. The third-order valence-electron chi connectivity index (χ3n) is 2.84. The second kappa shape index (κ2) is 4.41. The van der Waals surface area contributed by atoms with Gasteiger partial charge in [-0.1, -0.05) is 12.1 Å². The number of nitrogens with two attached hydrogens (primary N) is 1. The minimum Gasteiger partial charge on any atom is -0.383 e. The van der Waals surface area contributed by atoms with Gasteiger partial charge in [-0.25, -0.2) is 0 Å². The van der Waals surface area contributed by atoms with Gasteiger partial charge in [0.25, 0.3) is 5.91 Å². The number of amides is 1. The summed E-state index contributed by atoms with van der Waals surface area (Å²) >= 11 is 0. The van der Waals surface area contributed by atoms with Crippen LogP contribution in [0, 0.1) is 0 Å². The average Bonchev–Trinajstić information content (AvgIpc) is 2.85. The van der Waals surface area contributed by atoms with Gasteiger partial charge in [-0.2, -0.15) is 5.10 Å². The van der Waals surface area contributed by atoms with Crippen molar-refractivity contribution in [3.63, 3.8) is 0 Å². The van der Waals surface area contributed by atoms with Gasteiger partial charge in [0, 0.05) is 28.9 Å². The van der Waals surface area contributed by atoms with Gasteiger partial charge in [-0.15, -0.1) is 0 Å². The maximum Gasteiger partial charge on any atom is 0.261 e. The Hall–Kier alpha value is -2.89. The van der Waals surface area contributed by atoms with Crippen LogP contribution >= 0.6 is 0 Å². The number of nitrogens with one attached hydrogen (secondary N) is 2. The van der Waals surface area contributed by atoms with Crippen molar-refractivity contribution in [3.05, 3.63) is 48.4 Å². The Balaban J connectivity index is 1.98. The van der Waals surface area contributed by atoms with Crippen molar-refractivity contribution in [2.75, 3.05) is 11.1 Å². The first kappa shape index (κ1) is 11.2. The molecule has 0 aliphatic carbocycles. The third kappa shape index (κ3) is 1.99. The Morgan fingerprint density at radius 2 is 2.16 bits per heavy atom. The molecule has 0 atom stereocenters. The van der Waals surface area contributed by atoms with E-state index in [1.165, 1.54) is 6.20 Å². The monoisotopic (exact) mass is 253 g/mol. The number of nitrogen functional groups attached to an aromatic ring is 1. The highest BCUT2D eigenvalue weighted by molar-refractivity contribution is 6.10. The predicted molar refractivity (Wildman–Crippen MR) is 72.7 cm³/mol. The molecule has 2 heterocycles. The van der Waals surface area contributed by atoms with Crippen LogP contribution in [0.1, 0.15) is 10.4 Å². The molecule has 1 aromatic carbocycles. The van der Waals surface area contributed by atoms with Crippen LogP contribution in [0.15, 0.2) is 42.9 Å². The lowest BCUT2D eigenvalue weighted by Crippen LogP contribution is -2.13. The highest BCUT2D eigenvalue weighted by Gasteiger charge is 2.12. The summed E-state index contributed by atoms with van der Waals surface area (Å²) in [6.45, 7) is 0. The van der Waals surface area contributed by atoms with Crippen molar-refractivity contribution < 1.29 is 4.79 Å². The van der Waals surface area contributed by atoms with Gasteiger partial charge >= 0.3 is 0 Å². The van der Waals surface area contributed by atoms with Crippen molar-refractivity contribution in [1.29, 1.82) is 0 Å². The summed E-state index contributed by atoms with van der Waals surface area (Å²) in [6, 6.07) is 7.47. The fourth-order valence-electron chi connectivity index (χ4n) is 1.90. The van der Waals surface area contributed by atoms with E-state index in [1.54, 1.807) is 12.4 Å². The Bertz CT molecular complexity index is 744. The molecule has 0 fully saturated rings. The molecule has 3 aromatic rings. The Kier molecular flexibility index (Phi) is 2.60. The quantitative estimate of drug-likeness (QED) is 0.648. The number of aromatic nitrogens is 3. The molecule has 0 bridgehead atoms. The van der Waals surface area contributed by atoms with Crippen LogP contribution in [0.2, 0.25) is 0 Å². The number of anilines is 2. The van der Waals surface area contributed by atoms with Crippen LogP contribution in [-0.4, -0.2) is 21.1 Å². The number of hydrogen-bond donors (Lipinski definition) is 3. The normalized spacial score (nSPS) is 10.5. The maximum absolute atomic E-state index is 12.1. The summed E-state index contributed by atoms with van der Waals surface area (Å²) in [5, 5.41) is 11.0. The van der Waals surface area contributed by atoms with E-state index in [4.69, 9.17) is 5.73 Å². The zero-order valence-corrected chi connectivity index (χ0v) is 9.92. The zero-order chi connectivity index (χ0) is 13.2. The maximum atomic E-state index is 12.1. The van der Waals surface area contributed by atoms with Gasteiger partial charge in [0.15, 0.2) is 0 Å². The molecule has 0 aliphatic rings. The first-order valence-corrected chi connectivity index (χ1v) is 5.68. The van der Waals surface area contributed by atoms with Crippen molar-refractivity contribution in [3.8, 4) is 0 Å². The fourth-order valence-corrected chi connectivity index (χ4v) is 1.90. The highest BCUT2D eigenvalue weighted by Crippen LogP contribution is 2.23. The first-order chi connectivity index (χ1) is 9.25. The molecule has 3 rings (SSSR count). The molecular weight excluding hydrogens is 242 g/mol. The second-order valence-electron chi connectivity index (χ2n) is 4.05. The topological polar surface area (TPSA) is 96.7 Å². The van der Waals surface area contributed by atoms with Crippen LogP contribution in [-0.2, 0) is 0 Å². The summed E-state index contributed by atoms with van der Waals surface area (Å²) < 4.78 is 0. The zero-order valence-electron chi connectivity index (χ0n) is 9.92. The molecule has 6 heteroatoms. The van der Waals surface area contributed by atoms with Crippen LogP contribution in [0.25, 0.3) is 10.8 Å². The molecule has 0 saturated heterocycles. The van der Waals surface area contributed by atoms with E-state index in [-0.39, 0.29) is 11.7 Å². The van der Waals surface area contributed by atoms with E-state index in [9.17, 15) is 4.79 Å². The molecule has 0 aliphatic heterocycles. The molecule has 2 aromatic heterocycles. The Morgan fingerprint density at radius 1 is 1.26 bits per heavy atom. The van der Waals surface area contributed by atoms with Crippen LogP contribution in [0.3, 0.4) is 0 Å². The molecular formula is C13H11N5O. The summed E-state index contributed by atoms with van der Waals surface area (Å²) in [7, 11) is 0. The number of nitrogens with zero attached hydrogens (tertiary/aromatic N) is 2. The van der Waals surface area contributed by atoms with E-state index in [0.29, 0.717) is 11.3 Å². The lowest BCUT2D eigenvalue weighted by atomic mass is 10.1. The van der Waals surface area contributed by atoms with Crippen molar-refractivity contribution in [1.82, 2.24) is 15.2 Å². The van der Waals surface area contributed by atoms with E-state index in [1.807, 2.05) is 24.3 Å². The van der Waals surface area contributed by atoms with Gasteiger partial charge in [0.1, 0.15) is 11.4 Å². The lowest BCUT2D eigenvalue weighted by Gasteiger charge is -2.07. The number of aromatic amines is 1. The summed E-state index contributed by atoms with van der Waals surface area (Å²) in [4.78, 5) is 16.1. The molecule has 0 unspecified atom stereocenters. The first-order valence-electron chi connectivity index (χ1n) is 5.68. The fraction of sp³-hybridized carbons (Fsp3) is 0. The van der Waals surface area contributed by atoms with Crippen molar-refractivity contribution in [2.24, 2.45) is 0 Å². The number of rotatable bonds is 2. The predicted octanol–water partition coefficient (Wildman–Crippen LogP) is 1.79. The number of carbonyl (C=O) groups is 1. The van der Waals surface area contributed by atoms with E-state index in [2.05, 4.69) is 20.5 Å². The summed E-state index contributed by atoms with van der Waals surface area (Å²) in [6.07, 6.45) is 4.83. The second-order valence-corrected chi connectivity index (χ2v) is 4.05. The molecule has 0 spiro atoms. The lowest BCUT2D eigenvalue weighted by molar-refractivity contribution is 0.102. The Morgan fingerprint density at radius 3 is 2.95 bits per heavy atom. The molecule has 0 radical (unpaired) electrons. The minimum absolute atomic E-state index is 0.249. The van der Waals surface area contributed by atoms with Gasteiger partial charge in [0.05, 0.1) is 6.20 Å². The molecule has 94 valence electrons. The third-order valence-corrected chi connectivity index (χ3v) is 2.84. The van der Waals surface area contributed by atoms with E-state index >= 15 is 0 Å². The standard InChI is InChI=1S/C13H11N5O/c14-12-10(7-16-18-12)13(19)17-11-3-1-2-8-6-15-5-4-9(8)11/h1-7H,(H,17,19)(H3,14,16,18). The number of carbonyl (C=O) groups excluding carboxylic acids is 1. The van der Waals surface area contributed by atoms with Crippen LogP contribution in [0.4, 0.5) is 11.5 Å². The van der Waals surface area contributed by atoms with Crippen molar-refractivity contribution in [2.45, 2.75) is 0 Å². The number of hydrogen-bond acceptors (Lipinski definition) is 4. The van der Waals surface area contributed by atoms with Crippen molar-refractivity contribution >= 4 is 28.2 Å². The Labute approximate surface area is 108 Å². The number of fused-ring (bicyclic) bond motifs is 1. The molecule has 4 N–H and O–H groups in total. The van der Waals surface area contributed by atoms with Gasteiger partial charge in [-0.3, -0.25) is 14.9 Å². The number of benzene rings is 1. The molecule has 1 amide bonds. The number of pyridine rings is 1. The largest absolute Gasteiger partial charge is 0.383 e. The summed E-state index contributed by atoms with van der Waals surface area (Å²) in [5.41, 5.74) is 6.66. The van der Waals surface area contributed by atoms with Crippen LogP contribution in [0.5, 0.6) is 0 Å². The summed E-state index contributed by atoms with van der Waals surface area (Å²) in [5.74, 6) is -0.0463. The van der Waals surface area contributed by atoms with E-state index in [0.717, 1.165) is 10.8 Å². The molecule has 6 nitrogen and oxygen atoms in total. The smallest absolute Gasteiger partial charge is 0.261 e. The van der Waals surface area contributed by atoms with E-state index < -0.39 is 0 Å². The van der Waals surface area contributed by atoms with Gasteiger partial charge < -0.3 is 11.1 Å². The molecule has 19 heavy (non-hydrogen) atoms. The van der Waals surface area contributed by atoms with Crippen LogP contribution < -0.4 is 11.1 Å².